The van der Waals surface area contributed by atoms with E-state index in [0.29, 0.717) is 12.8 Å². The van der Waals surface area contributed by atoms with Gasteiger partial charge in [0, 0.05) is 18.4 Å². The van der Waals surface area contributed by atoms with Crippen LogP contribution < -0.4 is 0 Å². The molecule has 1 aliphatic rings. The highest BCUT2D eigenvalue weighted by molar-refractivity contribution is 5.83. The maximum atomic E-state index is 11.8. The fourth-order valence-corrected chi connectivity index (χ4v) is 2.79. The zero-order valence-electron chi connectivity index (χ0n) is 14.3. The highest BCUT2D eigenvalue weighted by Gasteiger charge is 2.33. The minimum Gasteiger partial charge on any atom is -0.650 e. The Labute approximate surface area is 143 Å². The Morgan fingerprint density at radius 1 is 1.25 bits per heavy atom. The Bertz CT molecular complexity index is 552. The molecule has 0 spiro atoms. The number of benzene rings is 1. The number of hydrogen-bond donors (Lipinski definition) is 1. The third-order valence-corrected chi connectivity index (χ3v) is 4.29. The van der Waals surface area contributed by atoms with Gasteiger partial charge in [0.1, 0.15) is 0 Å². The van der Waals surface area contributed by atoms with E-state index in [1.54, 1.807) is 13.4 Å². The number of aromatic nitrogens is 2. The van der Waals surface area contributed by atoms with Crippen LogP contribution in [-0.2, 0) is 16.1 Å². The van der Waals surface area contributed by atoms with Crippen LogP contribution in [0.4, 0.5) is 0 Å². The Morgan fingerprint density at radius 2 is 1.83 bits per heavy atom. The predicted molar refractivity (Wildman–Crippen MR) is 93.6 cm³/mol. The molecule has 6 heteroatoms. The van der Waals surface area contributed by atoms with Gasteiger partial charge in [-0.25, -0.2) is 4.98 Å². The van der Waals surface area contributed by atoms with Gasteiger partial charge in [0.05, 0.1) is 13.4 Å². The maximum Gasteiger partial charge on any atom is 0.290 e. The van der Waals surface area contributed by atoms with Crippen molar-refractivity contribution >= 4 is 5.97 Å². The Balaban J connectivity index is 0.000000292. The minimum atomic E-state index is -0.640. The number of H-pyrrole nitrogens is 1. The zero-order chi connectivity index (χ0) is 17.3. The molecular weight excluding hydrogens is 304 g/mol. The second kappa shape index (κ2) is 9.20. The number of imidazole rings is 1. The second-order valence-corrected chi connectivity index (χ2v) is 5.75. The molecule has 2 aromatic rings. The van der Waals surface area contributed by atoms with E-state index in [4.69, 9.17) is 4.74 Å². The molecule has 0 atom stereocenters. The lowest BCUT2D eigenvalue weighted by Crippen LogP contribution is -2.48. The molecule has 0 saturated carbocycles. The number of nitrogens with zero attached hydrogens (tertiary/aromatic N) is 3. The second-order valence-electron chi connectivity index (χ2n) is 5.75. The van der Waals surface area contributed by atoms with Crippen LogP contribution >= 0.6 is 0 Å². The summed E-state index contributed by atoms with van der Waals surface area (Å²) in [5, 5.41) is 4.26. The molecule has 0 bridgehead atoms. The van der Waals surface area contributed by atoms with Gasteiger partial charge in [-0.3, -0.25) is 9.69 Å². The smallest absolute Gasteiger partial charge is 0.290 e. The molecule has 1 fully saturated rings. The number of carbonyl (C=O) groups excluding carboxylic acids is 1. The van der Waals surface area contributed by atoms with Crippen LogP contribution in [-0.4, -0.2) is 53.6 Å². The average molecular weight is 329 g/mol. The SMILES string of the molecule is C[N-]C1(C(=O)OC)CCN(Cc2cnc[nH]2)CC1.c1ccccc1. The van der Waals surface area contributed by atoms with Gasteiger partial charge in [-0.2, -0.15) is 7.05 Å². The van der Waals surface area contributed by atoms with E-state index in [2.05, 4.69) is 20.2 Å². The molecule has 0 amide bonds. The summed E-state index contributed by atoms with van der Waals surface area (Å²) in [5.41, 5.74) is 0.452. The molecule has 1 N–H and O–H groups in total. The summed E-state index contributed by atoms with van der Waals surface area (Å²) in [6.45, 7) is 2.51. The number of likely N-dealkylation sites (N-methyl/N-ethyl adjacent to an activating group) is 1. The van der Waals surface area contributed by atoms with Crippen molar-refractivity contribution < 1.29 is 9.53 Å². The maximum absolute atomic E-state index is 11.8. The minimum absolute atomic E-state index is 0.216. The summed E-state index contributed by atoms with van der Waals surface area (Å²) in [7, 11) is 3.12. The quantitative estimate of drug-likeness (QED) is 0.875. The number of hydrogen-bond acceptors (Lipinski definition) is 4. The number of aromatic amines is 1. The molecule has 3 rings (SSSR count). The summed E-state index contributed by atoms with van der Waals surface area (Å²) < 4.78 is 4.86. The zero-order valence-corrected chi connectivity index (χ0v) is 14.3. The highest BCUT2D eigenvalue weighted by atomic mass is 16.5. The lowest BCUT2D eigenvalue weighted by Gasteiger charge is -2.47. The molecule has 0 radical (unpaired) electrons. The number of piperidine rings is 1. The number of likely N-dealkylation sites (tertiary alicyclic amines) is 1. The first kappa shape index (κ1) is 18.2. The van der Waals surface area contributed by atoms with E-state index in [0.717, 1.165) is 25.3 Å². The molecular formula is C18H25N4O2-. The molecule has 24 heavy (non-hydrogen) atoms. The molecule has 130 valence electrons. The van der Waals surface area contributed by atoms with Crippen LogP contribution in [0, 0.1) is 0 Å². The average Bonchev–Trinajstić information content (AvgIpc) is 3.17. The van der Waals surface area contributed by atoms with Gasteiger partial charge in [0.2, 0.25) is 0 Å². The van der Waals surface area contributed by atoms with Crippen LogP contribution in [0.3, 0.4) is 0 Å². The summed E-state index contributed by atoms with van der Waals surface area (Å²) in [4.78, 5) is 21.2. The third-order valence-electron chi connectivity index (χ3n) is 4.29. The topological polar surface area (TPSA) is 72.3 Å². The molecule has 1 saturated heterocycles. The third kappa shape index (κ3) is 4.91. The summed E-state index contributed by atoms with van der Waals surface area (Å²) >= 11 is 0. The van der Waals surface area contributed by atoms with Crippen LogP contribution in [0.1, 0.15) is 18.5 Å². The lowest BCUT2D eigenvalue weighted by atomic mass is 9.87. The number of methoxy groups -OCH3 is 1. The van der Waals surface area contributed by atoms with Gasteiger partial charge < -0.3 is 15.0 Å². The summed E-state index contributed by atoms with van der Waals surface area (Å²) in [6, 6.07) is 12.0. The Hall–Kier alpha value is -2.18. The van der Waals surface area contributed by atoms with Gasteiger partial charge in [-0.05, 0) is 31.5 Å². The fraction of sp³-hybridized carbons (Fsp3) is 0.444. The van der Waals surface area contributed by atoms with Crippen molar-refractivity contribution in [3.63, 3.8) is 0 Å². The van der Waals surface area contributed by atoms with E-state index in [1.165, 1.54) is 7.11 Å². The van der Waals surface area contributed by atoms with E-state index < -0.39 is 5.54 Å². The Morgan fingerprint density at radius 3 is 2.25 bits per heavy atom. The van der Waals surface area contributed by atoms with Crippen molar-refractivity contribution in [2.75, 3.05) is 27.2 Å². The van der Waals surface area contributed by atoms with E-state index >= 15 is 0 Å². The number of nitrogens with one attached hydrogen (secondary N) is 1. The Kier molecular flexibility index (Phi) is 6.96. The van der Waals surface area contributed by atoms with Crippen LogP contribution in [0.25, 0.3) is 5.32 Å². The van der Waals surface area contributed by atoms with Gasteiger partial charge in [0.25, 0.3) is 5.97 Å². The van der Waals surface area contributed by atoms with Gasteiger partial charge in [-0.1, -0.05) is 36.4 Å². The lowest BCUT2D eigenvalue weighted by molar-refractivity contribution is -0.147. The number of carbonyl (C=O) groups is 1. The standard InChI is InChI=1S/C12H19N4O2.C6H6/c1-13-12(11(17)18-2)3-5-16(6-4-12)8-10-7-14-9-15-10;1-2-4-6-5-3-1/h7,9H,3-6,8H2,1-2H3,(H,14,15);1-6H/q-1;. The number of ether oxygens (including phenoxy) is 1. The molecule has 1 aliphatic heterocycles. The molecule has 0 aliphatic carbocycles. The first-order valence-corrected chi connectivity index (χ1v) is 8.09. The molecule has 6 nitrogen and oxygen atoms in total. The monoisotopic (exact) mass is 329 g/mol. The van der Waals surface area contributed by atoms with Crippen LogP contribution in [0.5, 0.6) is 0 Å². The van der Waals surface area contributed by atoms with Gasteiger partial charge in [-0.15, -0.1) is 0 Å². The molecule has 1 aromatic heterocycles. The van der Waals surface area contributed by atoms with Gasteiger partial charge in [0.15, 0.2) is 0 Å². The van der Waals surface area contributed by atoms with Crippen molar-refractivity contribution in [2.24, 2.45) is 0 Å². The first-order chi connectivity index (χ1) is 11.7. The first-order valence-electron chi connectivity index (χ1n) is 8.09. The van der Waals surface area contributed by atoms with E-state index in [9.17, 15) is 4.79 Å². The predicted octanol–water partition coefficient (Wildman–Crippen LogP) is 2.61. The number of rotatable bonds is 4. The molecule has 0 unspecified atom stereocenters. The normalized spacial score (nSPS) is 16.8. The van der Waals surface area contributed by atoms with Crippen molar-refractivity contribution in [1.82, 2.24) is 14.9 Å². The van der Waals surface area contributed by atoms with Crippen LogP contribution in [0.15, 0.2) is 48.9 Å². The van der Waals surface area contributed by atoms with Gasteiger partial charge >= 0.3 is 0 Å². The van der Waals surface area contributed by atoms with Crippen LogP contribution in [0.2, 0.25) is 0 Å². The molecule has 2 heterocycles. The van der Waals surface area contributed by atoms with Crippen molar-refractivity contribution in [1.29, 1.82) is 0 Å². The van der Waals surface area contributed by atoms with Crippen molar-refractivity contribution in [2.45, 2.75) is 24.9 Å². The van der Waals surface area contributed by atoms with Crippen molar-refractivity contribution in [3.8, 4) is 0 Å². The summed E-state index contributed by atoms with van der Waals surface area (Å²) in [5.74, 6) is -0.216. The molecule has 1 aromatic carbocycles. The van der Waals surface area contributed by atoms with Crippen molar-refractivity contribution in [3.05, 3.63) is 59.9 Å². The largest absolute Gasteiger partial charge is 0.650 e. The van der Waals surface area contributed by atoms with E-state index in [-0.39, 0.29) is 5.97 Å². The fourth-order valence-electron chi connectivity index (χ4n) is 2.79. The summed E-state index contributed by atoms with van der Waals surface area (Å²) in [6.07, 6.45) is 4.93. The number of esters is 1. The highest BCUT2D eigenvalue weighted by Crippen LogP contribution is 2.31. The van der Waals surface area contributed by atoms with E-state index in [1.807, 2.05) is 42.6 Å².